The maximum Gasteiger partial charge on any atom is 0.270 e. The zero-order chi connectivity index (χ0) is 17.6. The van der Waals surface area contributed by atoms with Gasteiger partial charge in [-0.05, 0) is 32.3 Å². The highest BCUT2D eigenvalue weighted by molar-refractivity contribution is 5.92. The Morgan fingerprint density at radius 1 is 1.24 bits per heavy atom. The van der Waals surface area contributed by atoms with Crippen LogP contribution in [-0.2, 0) is 11.3 Å². The van der Waals surface area contributed by atoms with E-state index in [1.165, 1.54) is 5.56 Å². The summed E-state index contributed by atoms with van der Waals surface area (Å²) in [5.74, 6) is 1.02. The number of aromatic nitrogens is 2. The van der Waals surface area contributed by atoms with Crippen molar-refractivity contribution in [2.45, 2.75) is 39.3 Å². The number of hydrogen-bond donors (Lipinski definition) is 2. The van der Waals surface area contributed by atoms with Crippen LogP contribution in [0, 0.1) is 13.8 Å². The predicted octanol–water partition coefficient (Wildman–Crippen LogP) is 2.61. The molecule has 132 valence electrons. The Bertz CT molecular complexity index is 725. The molecule has 3 rings (SSSR count). The molecule has 1 unspecified atom stereocenters. The zero-order valence-corrected chi connectivity index (χ0v) is 14.7. The SMILES string of the molecule is Cc1ccc(CNc2cc(C(=O)NCC3CCCO3)nc(C)n2)cc1. The van der Waals surface area contributed by atoms with Gasteiger partial charge in [0.1, 0.15) is 17.3 Å². The summed E-state index contributed by atoms with van der Waals surface area (Å²) in [6, 6.07) is 9.99. The number of carbonyl (C=O) groups excluding carboxylic acids is 1. The summed E-state index contributed by atoms with van der Waals surface area (Å²) in [7, 11) is 0. The molecule has 0 bridgehead atoms. The molecule has 2 heterocycles. The second-order valence-electron chi connectivity index (χ2n) is 6.37. The molecule has 0 saturated carbocycles. The highest BCUT2D eigenvalue weighted by Crippen LogP contribution is 2.12. The molecular weight excluding hydrogens is 316 g/mol. The lowest BCUT2D eigenvalue weighted by atomic mass is 10.1. The van der Waals surface area contributed by atoms with E-state index in [0.717, 1.165) is 25.0 Å². The minimum atomic E-state index is -0.195. The largest absolute Gasteiger partial charge is 0.376 e. The summed E-state index contributed by atoms with van der Waals surface area (Å²) in [5.41, 5.74) is 2.76. The van der Waals surface area contributed by atoms with Gasteiger partial charge >= 0.3 is 0 Å². The number of hydrogen-bond acceptors (Lipinski definition) is 5. The van der Waals surface area contributed by atoms with Crippen LogP contribution < -0.4 is 10.6 Å². The van der Waals surface area contributed by atoms with E-state index in [0.29, 0.717) is 30.4 Å². The average Bonchev–Trinajstić information content (AvgIpc) is 3.12. The summed E-state index contributed by atoms with van der Waals surface area (Å²) in [5, 5.41) is 6.15. The van der Waals surface area contributed by atoms with Gasteiger partial charge in [0, 0.05) is 25.8 Å². The van der Waals surface area contributed by atoms with Crippen molar-refractivity contribution < 1.29 is 9.53 Å². The lowest BCUT2D eigenvalue weighted by Gasteiger charge is -2.12. The Balaban J connectivity index is 1.60. The number of aryl methyl sites for hydroxylation is 2. The molecule has 6 nitrogen and oxygen atoms in total. The minimum absolute atomic E-state index is 0.117. The smallest absolute Gasteiger partial charge is 0.270 e. The second-order valence-corrected chi connectivity index (χ2v) is 6.37. The molecule has 1 saturated heterocycles. The van der Waals surface area contributed by atoms with Crippen molar-refractivity contribution in [3.63, 3.8) is 0 Å². The lowest BCUT2D eigenvalue weighted by molar-refractivity contribution is 0.0853. The van der Waals surface area contributed by atoms with Crippen LogP contribution in [0.2, 0.25) is 0 Å². The molecule has 1 fully saturated rings. The number of nitrogens with one attached hydrogen (secondary N) is 2. The third-order valence-electron chi connectivity index (χ3n) is 4.18. The van der Waals surface area contributed by atoms with Crippen LogP contribution in [-0.4, -0.2) is 35.1 Å². The minimum Gasteiger partial charge on any atom is -0.376 e. The molecule has 2 aromatic rings. The summed E-state index contributed by atoms with van der Waals surface area (Å²) >= 11 is 0. The van der Waals surface area contributed by atoms with Crippen LogP contribution in [0.3, 0.4) is 0 Å². The Labute approximate surface area is 148 Å². The lowest BCUT2D eigenvalue weighted by Crippen LogP contribution is -2.32. The maximum atomic E-state index is 12.3. The van der Waals surface area contributed by atoms with E-state index in [-0.39, 0.29) is 12.0 Å². The van der Waals surface area contributed by atoms with Crippen molar-refractivity contribution in [1.82, 2.24) is 15.3 Å². The molecule has 1 aliphatic rings. The number of ether oxygens (including phenoxy) is 1. The molecule has 1 aromatic heterocycles. The van der Waals surface area contributed by atoms with Gasteiger partial charge in [-0.25, -0.2) is 9.97 Å². The van der Waals surface area contributed by atoms with Crippen LogP contribution >= 0.6 is 0 Å². The van der Waals surface area contributed by atoms with Gasteiger partial charge in [0.05, 0.1) is 6.10 Å². The van der Waals surface area contributed by atoms with Crippen molar-refractivity contribution in [1.29, 1.82) is 0 Å². The van der Waals surface area contributed by atoms with Gasteiger partial charge in [0.25, 0.3) is 5.91 Å². The predicted molar refractivity (Wildman–Crippen MR) is 96.6 cm³/mol. The van der Waals surface area contributed by atoms with E-state index < -0.39 is 0 Å². The number of amides is 1. The van der Waals surface area contributed by atoms with Gasteiger partial charge in [-0.15, -0.1) is 0 Å². The molecule has 0 spiro atoms. The van der Waals surface area contributed by atoms with Crippen LogP contribution in [0.15, 0.2) is 30.3 Å². The average molecular weight is 340 g/mol. The number of rotatable bonds is 6. The highest BCUT2D eigenvalue weighted by Gasteiger charge is 2.17. The molecule has 0 radical (unpaired) electrons. The van der Waals surface area contributed by atoms with Gasteiger partial charge in [-0.2, -0.15) is 0 Å². The molecule has 6 heteroatoms. The fourth-order valence-corrected chi connectivity index (χ4v) is 2.78. The van der Waals surface area contributed by atoms with Gasteiger partial charge in [-0.3, -0.25) is 4.79 Å². The van der Waals surface area contributed by atoms with Crippen molar-refractivity contribution in [2.75, 3.05) is 18.5 Å². The summed E-state index contributed by atoms with van der Waals surface area (Å²) in [6.45, 7) is 5.79. The van der Waals surface area contributed by atoms with Crippen LogP contribution in [0.25, 0.3) is 0 Å². The monoisotopic (exact) mass is 340 g/mol. The van der Waals surface area contributed by atoms with E-state index in [9.17, 15) is 4.79 Å². The molecule has 1 atom stereocenters. The topological polar surface area (TPSA) is 76.1 Å². The first-order valence-electron chi connectivity index (χ1n) is 8.65. The van der Waals surface area contributed by atoms with Crippen molar-refractivity contribution in [3.05, 3.63) is 53.0 Å². The molecule has 1 aromatic carbocycles. The summed E-state index contributed by atoms with van der Waals surface area (Å²) in [6.07, 6.45) is 2.16. The third kappa shape index (κ3) is 5.00. The summed E-state index contributed by atoms with van der Waals surface area (Å²) < 4.78 is 5.52. The van der Waals surface area contributed by atoms with Crippen molar-refractivity contribution in [3.8, 4) is 0 Å². The first kappa shape index (κ1) is 17.4. The van der Waals surface area contributed by atoms with Gasteiger partial charge in [0.15, 0.2) is 0 Å². The van der Waals surface area contributed by atoms with E-state index in [1.807, 2.05) is 0 Å². The fourth-order valence-electron chi connectivity index (χ4n) is 2.78. The Hall–Kier alpha value is -2.47. The number of nitrogens with zero attached hydrogens (tertiary/aromatic N) is 2. The van der Waals surface area contributed by atoms with Gasteiger partial charge in [0.2, 0.25) is 0 Å². The van der Waals surface area contributed by atoms with Crippen molar-refractivity contribution in [2.24, 2.45) is 0 Å². The van der Waals surface area contributed by atoms with Gasteiger partial charge < -0.3 is 15.4 Å². The first-order valence-corrected chi connectivity index (χ1v) is 8.65. The first-order chi connectivity index (χ1) is 12.1. The Morgan fingerprint density at radius 3 is 2.76 bits per heavy atom. The second kappa shape index (κ2) is 8.07. The number of benzene rings is 1. The number of carbonyl (C=O) groups is 1. The highest BCUT2D eigenvalue weighted by atomic mass is 16.5. The maximum absolute atomic E-state index is 12.3. The van der Waals surface area contributed by atoms with E-state index in [4.69, 9.17) is 4.74 Å². The molecule has 2 N–H and O–H groups in total. The van der Waals surface area contributed by atoms with E-state index >= 15 is 0 Å². The van der Waals surface area contributed by atoms with Crippen LogP contribution in [0.5, 0.6) is 0 Å². The van der Waals surface area contributed by atoms with E-state index in [1.54, 1.807) is 13.0 Å². The fraction of sp³-hybridized carbons (Fsp3) is 0.421. The normalized spacial score (nSPS) is 16.6. The Morgan fingerprint density at radius 2 is 2.04 bits per heavy atom. The molecular formula is C19H24N4O2. The zero-order valence-electron chi connectivity index (χ0n) is 14.7. The molecule has 25 heavy (non-hydrogen) atoms. The van der Waals surface area contributed by atoms with Crippen molar-refractivity contribution >= 4 is 11.7 Å². The number of anilines is 1. The van der Waals surface area contributed by atoms with Crippen LogP contribution in [0.4, 0.5) is 5.82 Å². The molecule has 0 aliphatic carbocycles. The standard InChI is InChI=1S/C19H24N4O2/c1-13-5-7-15(8-6-13)11-20-18-10-17(22-14(2)23-18)19(24)21-12-16-4-3-9-25-16/h5-8,10,16H,3-4,9,11-12H2,1-2H3,(H,21,24)(H,20,22,23). The summed E-state index contributed by atoms with van der Waals surface area (Å²) in [4.78, 5) is 20.9. The quantitative estimate of drug-likeness (QED) is 0.845. The van der Waals surface area contributed by atoms with E-state index in [2.05, 4.69) is 51.8 Å². The Kier molecular flexibility index (Phi) is 5.60. The molecule has 1 amide bonds. The third-order valence-corrected chi connectivity index (χ3v) is 4.18. The van der Waals surface area contributed by atoms with Gasteiger partial charge in [-0.1, -0.05) is 29.8 Å². The van der Waals surface area contributed by atoms with Crippen LogP contribution in [0.1, 0.15) is 40.3 Å². The molecule has 1 aliphatic heterocycles.